The van der Waals surface area contributed by atoms with E-state index in [9.17, 15) is 0 Å². The molecule has 0 saturated carbocycles. The molecule has 2 saturated heterocycles. The fourth-order valence-corrected chi connectivity index (χ4v) is 3.14. The third kappa shape index (κ3) is 2.99. The molecule has 2 rings (SSSR count). The average molecular weight is 241 g/mol. The van der Waals surface area contributed by atoms with Crippen LogP contribution in [0.2, 0.25) is 0 Å². The van der Waals surface area contributed by atoms with Crippen molar-refractivity contribution in [2.45, 2.75) is 37.3 Å². The molecule has 0 radical (unpaired) electrons. The van der Waals surface area contributed by atoms with Crippen LogP contribution >= 0.6 is 0 Å². The van der Waals surface area contributed by atoms with Gasteiger partial charge in [0.2, 0.25) is 0 Å². The second-order valence-corrected chi connectivity index (χ2v) is 5.79. The molecule has 17 heavy (non-hydrogen) atoms. The Balaban J connectivity index is 1.90. The lowest BCUT2D eigenvalue weighted by Crippen LogP contribution is -2.56. The molecule has 0 amide bonds. The van der Waals surface area contributed by atoms with Gasteiger partial charge in [0.15, 0.2) is 0 Å². The third-order valence-electron chi connectivity index (χ3n) is 4.46. The molecule has 0 aromatic heterocycles. The Morgan fingerprint density at radius 1 is 1.47 bits per heavy atom. The topological polar surface area (TPSA) is 41.7 Å². The highest BCUT2D eigenvalue weighted by Crippen LogP contribution is 2.26. The highest BCUT2D eigenvalue weighted by atomic mass is 16.5. The molecule has 0 aliphatic carbocycles. The number of nitrogens with two attached hydrogens (primary N) is 1. The van der Waals surface area contributed by atoms with Crippen molar-refractivity contribution in [3.63, 3.8) is 0 Å². The van der Waals surface area contributed by atoms with Gasteiger partial charge in [-0.05, 0) is 46.3 Å². The Bertz CT molecular complexity index is 243. The van der Waals surface area contributed by atoms with Crippen LogP contribution < -0.4 is 5.73 Å². The average Bonchev–Trinajstić information content (AvgIpc) is 2.73. The quantitative estimate of drug-likeness (QED) is 0.779. The molecule has 0 aromatic carbocycles. The maximum absolute atomic E-state index is 6.03. The largest absolute Gasteiger partial charge is 0.377 e. The molecule has 0 aromatic rings. The van der Waals surface area contributed by atoms with Crippen molar-refractivity contribution in [1.29, 1.82) is 0 Å². The van der Waals surface area contributed by atoms with Crippen LogP contribution in [0.15, 0.2) is 0 Å². The molecule has 2 N–H and O–H groups in total. The lowest BCUT2D eigenvalue weighted by Gasteiger charge is -2.40. The zero-order chi connectivity index (χ0) is 12.3. The number of nitrogens with zero attached hydrogens (tertiary/aromatic N) is 2. The number of ether oxygens (including phenoxy) is 1. The SMILES string of the molecule is CN1CCC(CN)(N(C)CC2CCCCO2)C1. The minimum Gasteiger partial charge on any atom is -0.377 e. The monoisotopic (exact) mass is 241 g/mol. The van der Waals surface area contributed by atoms with Crippen molar-refractivity contribution < 1.29 is 4.74 Å². The smallest absolute Gasteiger partial charge is 0.0702 e. The third-order valence-corrected chi connectivity index (χ3v) is 4.46. The molecular weight excluding hydrogens is 214 g/mol. The maximum Gasteiger partial charge on any atom is 0.0702 e. The first kappa shape index (κ1) is 13.3. The van der Waals surface area contributed by atoms with Gasteiger partial charge < -0.3 is 15.4 Å². The standard InChI is InChI=1S/C13H27N3O/c1-15-7-6-13(10-14,11-15)16(2)9-12-5-3-4-8-17-12/h12H,3-11,14H2,1-2H3. The molecular formula is C13H27N3O. The van der Waals surface area contributed by atoms with Gasteiger partial charge in [0.05, 0.1) is 6.10 Å². The van der Waals surface area contributed by atoms with E-state index in [4.69, 9.17) is 10.5 Å². The molecule has 2 aliphatic rings. The van der Waals surface area contributed by atoms with Gasteiger partial charge in [0.1, 0.15) is 0 Å². The second-order valence-electron chi connectivity index (χ2n) is 5.79. The first-order valence-corrected chi connectivity index (χ1v) is 6.88. The van der Waals surface area contributed by atoms with Gasteiger partial charge in [-0.2, -0.15) is 0 Å². The van der Waals surface area contributed by atoms with E-state index in [2.05, 4.69) is 23.9 Å². The van der Waals surface area contributed by atoms with Crippen molar-refractivity contribution in [2.75, 3.05) is 46.9 Å². The van der Waals surface area contributed by atoms with Gasteiger partial charge in [-0.1, -0.05) is 0 Å². The zero-order valence-electron chi connectivity index (χ0n) is 11.3. The zero-order valence-corrected chi connectivity index (χ0v) is 11.3. The van der Waals surface area contributed by atoms with Crippen LogP contribution in [-0.2, 0) is 4.74 Å². The normalized spacial score (nSPS) is 35.6. The Hall–Kier alpha value is -0.160. The number of hydrogen-bond acceptors (Lipinski definition) is 4. The number of likely N-dealkylation sites (N-methyl/N-ethyl adjacent to an activating group) is 2. The molecule has 100 valence electrons. The minimum atomic E-state index is 0.176. The van der Waals surface area contributed by atoms with Crippen LogP contribution in [0.5, 0.6) is 0 Å². The summed E-state index contributed by atoms with van der Waals surface area (Å²) in [6, 6.07) is 0. The van der Waals surface area contributed by atoms with E-state index in [1.807, 2.05) is 0 Å². The summed E-state index contributed by atoms with van der Waals surface area (Å²) in [5.41, 5.74) is 6.20. The van der Waals surface area contributed by atoms with E-state index in [-0.39, 0.29) is 5.54 Å². The van der Waals surface area contributed by atoms with Gasteiger partial charge in [-0.25, -0.2) is 0 Å². The number of likely N-dealkylation sites (tertiary alicyclic amines) is 1. The molecule has 2 aliphatic heterocycles. The van der Waals surface area contributed by atoms with E-state index >= 15 is 0 Å². The summed E-state index contributed by atoms with van der Waals surface area (Å²) in [6.45, 7) is 4.97. The molecule has 0 bridgehead atoms. The van der Waals surface area contributed by atoms with E-state index in [0.29, 0.717) is 6.10 Å². The van der Waals surface area contributed by atoms with Gasteiger partial charge in [-0.3, -0.25) is 4.90 Å². The first-order valence-electron chi connectivity index (χ1n) is 6.88. The number of rotatable bonds is 4. The minimum absolute atomic E-state index is 0.176. The van der Waals surface area contributed by atoms with Gasteiger partial charge in [0.25, 0.3) is 0 Å². The Kier molecular flexibility index (Phi) is 4.42. The highest BCUT2D eigenvalue weighted by molar-refractivity contribution is 4.98. The van der Waals surface area contributed by atoms with E-state index in [0.717, 1.165) is 32.8 Å². The van der Waals surface area contributed by atoms with Crippen molar-refractivity contribution in [3.8, 4) is 0 Å². The van der Waals surface area contributed by atoms with Crippen LogP contribution in [0.25, 0.3) is 0 Å². The molecule has 4 nitrogen and oxygen atoms in total. The van der Waals surface area contributed by atoms with E-state index < -0.39 is 0 Å². The van der Waals surface area contributed by atoms with Crippen LogP contribution in [0.1, 0.15) is 25.7 Å². The van der Waals surface area contributed by atoms with Crippen LogP contribution in [0, 0.1) is 0 Å². The van der Waals surface area contributed by atoms with Gasteiger partial charge >= 0.3 is 0 Å². The predicted octanol–water partition coefficient (Wildman–Crippen LogP) is 0.520. The molecule has 4 heteroatoms. The summed E-state index contributed by atoms with van der Waals surface area (Å²) >= 11 is 0. The van der Waals surface area contributed by atoms with Gasteiger partial charge in [0, 0.05) is 31.8 Å². The van der Waals surface area contributed by atoms with Crippen LogP contribution in [0.3, 0.4) is 0 Å². The highest BCUT2D eigenvalue weighted by Gasteiger charge is 2.39. The Morgan fingerprint density at radius 2 is 2.29 bits per heavy atom. The summed E-state index contributed by atoms with van der Waals surface area (Å²) in [7, 11) is 4.40. The summed E-state index contributed by atoms with van der Waals surface area (Å²) in [6.07, 6.45) is 5.35. The van der Waals surface area contributed by atoms with E-state index in [1.54, 1.807) is 0 Å². The summed E-state index contributed by atoms with van der Waals surface area (Å²) < 4.78 is 5.83. The summed E-state index contributed by atoms with van der Waals surface area (Å²) in [4.78, 5) is 4.83. The van der Waals surface area contributed by atoms with E-state index in [1.165, 1.54) is 25.7 Å². The Morgan fingerprint density at radius 3 is 2.82 bits per heavy atom. The van der Waals surface area contributed by atoms with Crippen LogP contribution in [0.4, 0.5) is 0 Å². The molecule has 2 atom stereocenters. The Labute approximate surface area is 105 Å². The second kappa shape index (κ2) is 5.65. The molecule has 2 fully saturated rings. The van der Waals surface area contributed by atoms with Crippen molar-refractivity contribution in [1.82, 2.24) is 9.80 Å². The fourth-order valence-electron chi connectivity index (χ4n) is 3.14. The van der Waals surface area contributed by atoms with Gasteiger partial charge in [-0.15, -0.1) is 0 Å². The predicted molar refractivity (Wildman–Crippen MR) is 70.1 cm³/mol. The van der Waals surface area contributed by atoms with Crippen molar-refractivity contribution >= 4 is 0 Å². The van der Waals surface area contributed by atoms with Crippen molar-refractivity contribution in [2.24, 2.45) is 5.73 Å². The molecule has 2 unspecified atom stereocenters. The summed E-state index contributed by atoms with van der Waals surface area (Å²) in [5, 5.41) is 0. The number of hydrogen-bond donors (Lipinski definition) is 1. The maximum atomic E-state index is 6.03. The molecule has 0 spiro atoms. The molecule has 2 heterocycles. The lowest BCUT2D eigenvalue weighted by molar-refractivity contribution is -0.0207. The van der Waals surface area contributed by atoms with Crippen molar-refractivity contribution in [3.05, 3.63) is 0 Å². The first-order chi connectivity index (χ1) is 8.16. The lowest BCUT2D eigenvalue weighted by atomic mass is 9.95. The van der Waals surface area contributed by atoms with Crippen LogP contribution in [-0.4, -0.2) is 68.3 Å². The fraction of sp³-hybridized carbons (Fsp3) is 1.00. The summed E-state index contributed by atoms with van der Waals surface area (Å²) in [5.74, 6) is 0.